The summed E-state index contributed by atoms with van der Waals surface area (Å²) in [6.07, 6.45) is 0. The van der Waals surface area contributed by atoms with E-state index in [1.54, 1.807) is 7.11 Å². The molecule has 0 aliphatic carbocycles. The Hall–Kier alpha value is -0.840. The number of benzene rings is 2. The van der Waals surface area contributed by atoms with E-state index in [1.165, 1.54) is 11.1 Å². The average molecular weight is 399 g/mol. The Morgan fingerprint density at radius 3 is 2.60 bits per heavy atom. The van der Waals surface area contributed by atoms with Gasteiger partial charge in [0.15, 0.2) is 0 Å². The second-order valence-corrected chi connectivity index (χ2v) is 6.36. The second-order valence-electron chi connectivity index (χ2n) is 4.65. The van der Waals surface area contributed by atoms with Crippen LogP contribution in [0.25, 0.3) is 0 Å². The molecular weight excluding hydrogens is 382 g/mol. The van der Waals surface area contributed by atoms with Crippen LogP contribution in [0.3, 0.4) is 0 Å². The van der Waals surface area contributed by atoms with Crippen LogP contribution in [0.1, 0.15) is 16.7 Å². The van der Waals surface area contributed by atoms with Crippen molar-refractivity contribution in [2.24, 2.45) is 0 Å². The summed E-state index contributed by atoms with van der Waals surface area (Å²) in [6, 6.07) is 12.5. The van der Waals surface area contributed by atoms with E-state index >= 15 is 0 Å². The van der Waals surface area contributed by atoms with Crippen molar-refractivity contribution in [2.75, 3.05) is 12.4 Å². The summed E-state index contributed by atoms with van der Waals surface area (Å²) in [5, 5.41) is 3.48. The first-order chi connectivity index (χ1) is 9.61. The van der Waals surface area contributed by atoms with Gasteiger partial charge in [-0.05, 0) is 36.2 Å². The van der Waals surface area contributed by atoms with Gasteiger partial charge in [-0.15, -0.1) is 0 Å². The largest absolute Gasteiger partial charge is 0.381 e. The Morgan fingerprint density at radius 2 is 1.90 bits per heavy atom. The molecule has 2 nitrogen and oxygen atoms in total. The van der Waals surface area contributed by atoms with Crippen LogP contribution >= 0.6 is 31.9 Å². The summed E-state index contributed by atoms with van der Waals surface area (Å²) in [5.74, 6) is 0. The molecule has 0 bridgehead atoms. The third-order valence-corrected chi connectivity index (χ3v) is 4.57. The van der Waals surface area contributed by atoms with Crippen LogP contribution in [0, 0.1) is 6.92 Å². The first-order valence-electron chi connectivity index (χ1n) is 6.37. The van der Waals surface area contributed by atoms with E-state index < -0.39 is 0 Å². The molecule has 0 fully saturated rings. The first-order valence-corrected chi connectivity index (χ1v) is 7.95. The van der Waals surface area contributed by atoms with Gasteiger partial charge in [-0.1, -0.05) is 50.1 Å². The first kappa shape index (κ1) is 15.5. The smallest absolute Gasteiger partial charge is 0.0744 e. The average Bonchev–Trinajstić information content (AvgIpc) is 2.41. The van der Waals surface area contributed by atoms with Crippen molar-refractivity contribution in [3.63, 3.8) is 0 Å². The van der Waals surface area contributed by atoms with Gasteiger partial charge in [-0.2, -0.15) is 0 Å². The van der Waals surface area contributed by atoms with Gasteiger partial charge in [-0.25, -0.2) is 0 Å². The molecule has 2 aromatic rings. The maximum atomic E-state index is 5.26. The summed E-state index contributed by atoms with van der Waals surface area (Å²) in [6.45, 7) is 3.44. The molecule has 20 heavy (non-hydrogen) atoms. The van der Waals surface area contributed by atoms with E-state index in [0.717, 1.165) is 26.7 Å². The standard InChI is InChI=1S/C16H17Br2NO/c1-11-6-7-12(15(18)8-11)9-19-16-5-3-4-14(17)13(16)10-20-2/h3-8,19H,9-10H2,1-2H3. The zero-order valence-electron chi connectivity index (χ0n) is 11.5. The number of rotatable bonds is 5. The molecule has 0 spiro atoms. The third kappa shape index (κ3) is 3.84. The number of methoxy groups -OCH3 is 1. The Kier molecular flexibility index (Phi) is 5.64. The molecule has 4 heteroatoms. The monoisotopic (exact) mass is 397 g/mol. The molecule has 1 N–H and O–H groups in total. The number of ether oxygens (including phenoxy) is 1. The minimum atomic E-state index is 0.582. The fourth-order valence-electron chi connectivity index (χ4n) is 2.00. The van der Waals surface area contributed by atoms with Gasteiger partial charge in [-0.3, -0.25) is 0 Å². The lowest BCUT2D eigenvalue weighted by Gasteiger charge is -2.14. The lowest BCUT2D eigenvalue weighted by molar-refractivity contribution is 0.185. The summed E-state index contributed by atoms with van der Waals surface area (Å²) in [7, 11) is 1.71. The topological polar surface area (TPSA) is 21.3 Å². The quantitative estimate of drug-likeness (QED) is 0.739. The highest BCUT2D eigenvalue weighted by Gasteiger charge is 2.07. The van der Waals surface area contributed by atoms with Gasteiger partial charge in [0.2, 0.25) is 0 Å². The number of anilines is 1. The Labute approximate surface area is 136 Å². The molecule has 0 aromatic heterocycles. The normalized spacial score (nSPS) is 10.6. The van der Waals surface area contributed by atoms with E-state index in [1.807, 2.05) is 12.1 Å². The Balaban J connectivity index is 2.16. The molecular formula is C16H17Br2NO. The molecule has 0 amide bonds. The van der Waals surface area contributed by atoms with E-state index in [4.69, 9.17) is 4.74 Å². The molecule has 106 valence electrons. The van der Waals surface area contributed by atoms with Gasteiger partial charge in [0.05, 0.1) is 6.61 Å². The highest BCUT2D eigenvalue weighted by atomic mass is 79.9. The van der Waals surface area contributed by atoms with Crippen LogP contribution in [0.2, 0.25) is 0 Å². The lowest BCUT2D eigenvalue weighted by atomic mass is 10.1. The number of aryl methyl sites for hydroxylation is 1. The Bertz CT molecular complexity index is 599. The third-order valence-electron chi connectivity index (χ3n) is 3.09. The van der Waals surface area contributed by atoms with Crippen LogP contribution in [0.15, 0.2) is 45.3 Å². The molecule has 0 saturated heterocycles. The maximum Gasteiger partial charge on any atom is 0.0744 e. The summed E-state index contributed by atoms with van der Waals surface area (Å²) < 4.78 is 7.46. The number of hydrogen-bond donors (Lipinski definition) is 1. The van der Waals surface area contributed by atoms with Crippen LogP contribution in [0.4, 0.5) is 5.69 Å². The van der Waals surface area contributed by atoms with E-state index in [0.29, 0.717) is 6.61 Å². The van der Waals surface area contributed by atoms with Crippen molar-refractivity contribution in [1.29, 1.82) is 0 Å². The predicted octanol–water partition coefficient (Wildman–Crippen LogP) is 5.28. The minimum Gasteiger partial charge on any atom is -0.381 e. The fourth-order valence-corrected chi connectivity index (χ4v) is 3.12. The summed E-state index contributed by atoms with van der Waals surface area (Å²) in [5.41, 5.74) is 4.72. The van der Waals surface area contributed by atoms with Crippen molar-refractivity contribution < 1.29 is 4.74 Å². The van der Waals surface area contributed by atoms with Gasteiger partial charge in [0, 0.05) is 33.9 Å². The predicted molar refractivity (Wildman–Crippen MR) is 91.1 cm³/mol. The maximum absolute atomic E-state index is 5.26. The molecule has 0 atom stereocenters. The molecule has 0 unspecified atom stereocenters. The highest BCUT2D eigenvalue weighted by molar-refractivity contribution is 9.10. The number of nitrogens with one attached hydrogen (secondary N) is 1. The number of halogens is 2. The molecule has 0 heterocycles. The second kappa shape index (κ2) is 7.25. The van der Waals surface area contributed by atoms with Crippen LogP contribution in [-0.4, -0.2) is 7.11 Å². The molecule has 0 aliphatic rings. The molecule has 0 radical (unpaired) electrons. The lowest BCUT2D eigenvalue weighted by Crippen LogP contribution is -2.04. The molecule has 2 aromatic carbocycles. The van der Waals surface area contributed by atoms with Crippen molar-refractivity contribution in [2.45, 2.75) is 20.1 Å². The summed E-state index contributed by atoms with van der Waals surface area (Å²) >= 11 is 7.18. The van der Waals surface area contributed by atoms with Crippen LogP contribution in [0.5, 0.6) is 0 Å². The Morgan fingerprint density at radius 1 is 1.10 bits per heavy atom. The van der Waals surface area contributed by atoms with Gasteiger partial charge in [0.25, 0.3) is 0 Å². The van der Waals surface area contributed by atoms with Crippen molar-refractivity contribution in [1.82, 2.24) is 0 Å². The van der Waals surface area contributed by atoms with Crippen molar-refractivity contribution in [3.8, 4) is 0 Å². The van der Waals surface area contributed by atoms with Gasteiger partial charge < -0.3 is 10.1 Å². The fraction of sp³-hybridized carbons (Fsp3) is 0.250. The van der Waals surface area contributed by atoms with Crippen molar-refractivity contribution in [3.05, 3.63) is 62.0 Å². The number of hydrogen-bond acceptors (Lipinski definition) is 2. The minimum absolute atomic E-state index is 0.582. The van der Waals surface area contributed by atoms with Crippen LogP contribution in [-0.2, 0) is 17.9 Å². The van der Waals surface area contributed by atoms with E-state index in [2.05, 4.69) is 68.4 Å². The SMILES string of the molecule is COCc1c(Br)cccc1NCc1ccc(C)cc1Br. The highest BCUT2D eigenvalue weighted by Crippen LogP contribution is 2.27. The molecule has 0 saturated carbocycles. The van der Waals surface area contributed by atoms with E-state index in [9.17, 15) is 0 Å². The van der Waals surface area contributed by atoms with Crippen molar-refractivity contribution >= 4 is 37.5 Å². The van der Waals surface area contributed by atoms with E-state index in [-0.39, 0.29) is 0 Å². The summed E-state index contributed by atoms with van der Waals surface area (Å²) in [4.78, 5) is 0. The van der Waals surface area contributed by atoms with Gasteiger partial charge in [0.1, 0.15) is 0 Å². The zero-order valence-corrected chi connectivity index (χ0v) is 14.7. The molecule has 2 rings (SSSR count). The van der Waals surface area contributed by atoms with Gasteiger partial charge >= 0.3 is 0 Å². The zero-order chi connectivity index (χ0) is 14.5. The molecule has 0 aliphatic heterocycles. The van der Waals surface area contributed by atoms with Crippen LogP contribution < -0.4 is 5.32 Å².